The van der Waals surface area contributed by atoms with Gasteiger partial charge in [0.2, 0.25) is 0 Å². The van der Waals surface area contributed by atoms with Crippen LogP contribution in [-0.2, 0) is 29.7 Å². The smallest absolute Gasteiger partial charge is 0.305 e. The van der Waals surface area contributed by atoms with Gasteiger partial charge >= 0.3 is 5.97 Å². The molecular formula is C41H58O7Si2. The zero-order valence-electron chi connectivity index (χ0n) is 31.2. The second-order valence-electron chi connectivity index (χ2n) is 15.5. The molecule has 0 spiro atoms. The maximum absolute atomic E-state index is 11.7. The van der Waals surface area contributed by atoms with E-state index in [2.05, 4.69) is 108 Å². The summed E-state index contributed by atoms with van der Waals surface area (Å²) in [5.74, 6) is -0.0456. The summed E-state index contributed by atoms with van der Waals surface area (Å²) in [5, 5.41) is 12.0. The molecule has 3 aromatic rings. The van der Waals surface area contributed by atoms with Crippen LogP contribution in [-0.4, -0.2) is 65.8 Å². The van der Waals surface area contributed by atoms with E-state index in [9.17, 15) is 9.90 Å². The molecule has 0 amide bonds. The minimum atomic E-state index is -2.71. The van der Waals surface area contributed by atoms with Crippen LogP contribution in [0.3, 0.4) is 0 Å². The molecule has 7 nitrogen and oxygen atoms in total. The largest absolute Gasteiger partial charge is 0.497 e. The van der Waals surface area contributed by atoms with Crippen molar-refractivity contribution in [1.82, 2.24) is 0 Å². The SMILES string of the molecule is C=C1C[C@H](CC(CC(=O)O)O[Si](C)(C)C)O[C@H](CC(CCO[Si](c2ccccc2)(c2ccccc2)C(C)(C)C)OCc2ccc(OC)cc2)C1. The lowest BCUT2D eigenvalue weighted by molar-refractivity contribution is -0.139. The van der Waals surface area contributed by atoms with Crippen LogP contribution in [0.5, 0.6) is 5.75 Å². The van der Waals surface area contributed by atoms with E-state index in [0.717, 1.165) is 23.3 Å². The summed E-state index contributed by atoms with van der Waals surface area (Å²) >= 11 is 0. The molecule has 1 saturated heterocycles. The molecule has 2 unspecified atom stereocenters. The Morgan fingerprint density at radius 3 is 1.90 bits per heavy atom. The van der Waals surface area contributed by atoms with Crippen LogP contribution in [0, 0.1) is 0 Å². The molecule has 50 heavy (non-hydrogen) atoms. The first-order chi connectivity index (χ1) is 23.7. The maximum atomic E-state index is 11.7. The van der Waals surface area contributed by atoms with Crippen molar-refractivity contribution in [3.05, 3.63) is 103 Å². The van der Waals surface area contributed by atoms with Crippen LogP contribution in [0.4, 0.5) is 0 Å². The Morgan fingerprint density at radius 2 is 1.42 bits per heavy atom. The highest BCUT2D eigenvalue weighted by Gasteiger charge is 2.50. The van der Waals surface area contributed by atoms with E-state index in [1.165, 1.54) is 10.4 Å². The van der Waals surface area contributed by atoms with Gasteiger partial charge in [-0.3, -0.25) is 4.79 Å². The maximum Gasteiger partial charge on any atom is 0.305 e. The second kappa shape index (κ2) is 17.9. The van der Waals surface area contributed by atoms with Gasteiger partial charge in [0.1, 0.15) is 5.75 Å². The molecule has 0 radical (unpaired) electrons. The van der Waals surface area contributed by atoms with E-state index in [1.807, 2.05) is 24.3 Å². The van der Waals surface area contributed by atoms with Crippen molar-refractivity contribution in [1.29, 1.82) is 0 Å². The lowest BCUT2D eigenvalue weighted by atomic mass is 9.92. The molecule has 0 bridgehead atoms. The van der Waals surface area contributed by atoms with Gasteiger partial charge in [0.15, 0.2) is 8.32 Å². The number of carbonyl (C=O) groups is 1. The van der Waals surface area contributed by atoms with Gasteiger partial charge in [0.25, 0.3) is 8.32 Å². The van der Waals surface area contributed by atoms with Gasteiger partial charge in [0, 0.05) is 13.0 Å². The van der Waals surface area contributed by atoms with E-state index in [1.54, 1.807) is 7.11 Å². The minimum Gasteiger partial charge on any atom is -0.497 e. The summed E-state index contributed by atoms with van der Waals surface area (Å²) < 4.78 is 32.3. The summed E-state index contributed by atoms with van der Waals surface area (Å²) in [5.41, 5.74) is 2.18. The van der Waals surface area contributed by atoms with Gasteiger partial charge in [-0.1, -0.05) is 106 Å². The quantitative estimate of drug-likeness (QED) is 0.105. The number of rotatable bonds is 18. The molecule has 0 aromatic heterocycles. The Balaban J connectivity index is 1.55. The van der Waals surface area contributed by atoms with Crippen LogP contribution < -0.4 is 15.1 Å². The molecule has 3 aromatic carbocycles. The van der Waals surface area contributed by atoms with Crippen LogP contribution in [0.1, 0.15) is 64.9 Å². The minimum absolute atomic E-state index is 0.0333. The monoisotopic (exact) mass is 718 g/mol. The van der Waals surface area contributed by atoms with E-state index >= 15 is 0 Å². The predicted molar refractivity (Wildman–Crippen MR) is 207 cm³/mol. The highest BCUT2D eigenvalue weighted by molar-refractivity contribution is 6.99. The van der Waals surface area contributed by atoms with Crippen molar-refractivity contribution in [2.75, 3.05) is 13.7 Å². The zero-order valence-corrected chi connectivity index (χ0v) is 33.2. The molecule has 9 heteroatoms. The lowest BCUT2D eigenvalue weighted by Gasteiger charge is -2.43. The Kier molecular flexibility index (Phi) is 14.2. The van der Waals surface area contributed by atoms with Gasteiger partial charge in [-0.25, -0.2) is 0 Å². The highest BCUT2D eigenvalue weighted by Crippen LogP contribution is 2.37. The Bertz CT molecular complexity index is 1440. The van der Waals surface area contributed by atoms with Crippen molar-refractivity contribution in [2.24, 2.45) is 0 Å². The fraction of sp³-hybridized carbons (Fsp3) is 0.488. The summed E-state index contributed by atoms with van der Waals surface area (Å²) in [7, 11) is -3.00. The first-order valence-corrected chi connectivity index (χ1v) is 23.2. The average molecular weight is 719 g/mol. The Hall–Kier alpha value is -3.06. The number of carboxylic acid groups (broad SMARTS) is 1. The number of carboxylic acids is 1. The van der Waals surface area contributed by atoms with Gasteiger partial charge in [0.05, 0.1) is 44.6 Å². The molecule has 1 heterocycles. The Morgan fingerprint density at radius 1 is 0.880 bits per heavy atom. The fourth-order valence-electron chi connectivity index (χ4n) is 7.14. The number of aliphatic carboxylic acids is 1. The van der Waals surface area contributed by atoms with Crippen LogP contribution in [0.15, 0.2) is 97.1 Å². The van der Waals surface area contributed by atoms with Crippen molar-refractivity contribution >= 4 is 33.0 Å². The molecule has 272 valence electrons. The molecule has 4 atom stereocenters. The van der Waals surface area contributed by atoms with E-state index in [-0.39, 0.29) is 29.8 Å². The van der Waals surface area contributed by atoms with Crippen molar-refractivity contribution in [2.45, 2.75) is 115 Å². The number of benzene rings is 3. The van der Waals surface area contributed by atoms with Crippen molar-refractivity contribution in [3.63, 3.8) is 0 Å². The summed E-state index contributed by atoms with van der Waals surface area (Å²) in [6.45, 7) is 18.5. The predicted octanol–water partition coefficient (Wildman–Crippen LogP) is 8.13. The van der Waals surface area contributed by atoms with Crippen LogP contribution in [0.25, 0.3) is 0 Å². The van der Waals surface area contributed by atoms with E-state index < -0.39 is 28.7 Å². The van der Waals surface area contributed by atoms with Crippen molar-refractivity contribution in [3.8, 4) is 5.75 Å². The third-order valence-electron chi connectivity index (χ3n) is 9.21. The number of methoxy groups -OCH3 is 1. The first kappa shape index (κ1) is 39.7. The Labute approximate surface area is 302 Å². The normalized spacial score (nSPS) is 18.4. The molecule has 1 aliphatic heterocycles. The molecule has 0 saturated carbocycles. The number of hydrogen-bond donors (Lipinski definition) is 1. The highest BCUT2D eigenvalue weighted by atomic mass is 28.4. The van der Waals surface area contributed by atoms with E-state index in [4.69, 9.17) is 23.1 Å². The molecule has 1 fully saturated rings. The molecule has 1 aliphatic rings. The zero-order chi connectivity index (χ0) is 36.4. The van der Waals surface area contributed by atoms with E-state index in [0.29, 0.717) is 38.9 Å². The summed E-state index contributed by atoms with van der Waals surface area (Å²) in [6.07, 6.45) is 2.52. The van der Waals surface area contributed by atoms with Gasteiger partial charge in [-0.05, 0) is 78.4 Å². The van der Waals surface area contributed by atoms with Gasteiger partial charge in [-0.15, -0.1) is 0 Å². The van der Waals surface area contributed by atoms with Gasteiger partial charge < -0.3 is 28.2 Å². The molecule has 0 aliphatic carbocycles. The molecular weight excluding hydrogens is 661 g/mol. The topological polar surface area (TPSA) is 83.5 Å². The lowest BCUT2D eigenvalue weighted by Crippen LogP contribution is -2.66. The standard InChI is InChI=1S/C41H58O7Si2/c1-31-25-35(47-36(26-31)28-37(29-40(42)43)48-49(6,7)8)27-34(45-30-32-19-21-33(44-5)22-20-32)23-24-46-50(41(2,3)4,38-15-11-9-12-16-38)39-17-13-10-14-18-39/h9-22,34-37H,1,23-30H2,2-8H3,(H,42,43)/t34?,35-,36+,37?/m0/s1. The number of ether oxygens (including phenoxy) is 3. The van der Waals surface area contributed by atoms with Crippen molar-refractivity contribution < 1.29 is 33.0 Å². The third-order valence-corrected chi connectivity index (χ3v) is 15.3. The third kappa shape index (κ3) is 11.5. The molecule has 1 N–H and O–H groups in total. The van der Waals surface area contributed by atoms with Crippen LogP contribution in [0.2, 0.25) is 24.7 Å². The summed E-state index contributed by atoms with van der Waals surface area (Å²) in [4.78, 5) is 11.7. The number of hydrogen-bond acceptors (Lipinski definition) is 6. The first-order valence-electron chi connectivity index (χ1n) is 17.9. The fourth-order valence-corrected chi connectivity index (χ4v) is 12.9. The summed E-state index contributed by atoms with van der Waals surface area (Å²) in [6, 6.07) is 29.4. The van der Waals surface area contributed by atoms with Gasteiger partial charge in [-0.2, -0.15) is 0 Å². The van der Waals surface area contributed by atoms with Crippen LogP contribution >= 0.6 is 0 Å². The second-order valence-corrected chi connectivity index (χ2v) is 24.3. The molecule has 4 rings (SSSR count). The average Bonchev–Trinajstić information content (AvgIpc) is 3.04.